The molecule has 0 heterocycles. The first-order valence-electron chi connectivity index (χ1n) is 7.31. The van der Waals surface area contributed by atoms with Crippen LogP contribution in [0.4, 0.5) is 0 Å². The molecule has 0 bridgehead atoms. The molecule has 0 radical (unpaired) electrons. The van der Waals surface area contributed by atoms with E-state index in [2.05, 4.69) is 55.4 Å². The average molecular weight is 307 g/mol. The highest BCUT2D eigenvalue weighted by atomic mass is 35.5. The van der Waals surface area contributed by atoms with E-state index in [4.69, 9.17) is 4.84 Å². The predicted octanol–water partition coefficient (Wildman–Crippen LogP) is -0.881. The van der Waals surface area contributed by atoms with Gasteiger partial charge in [-0.2, -0.15) is 0 Å². The Morgan fingerprint density at radius 1 is 1.05 bits per heavy atom. The Morgan fingerprint density at radius 3 is 2.48 bits per heavy atom. The van der Waals surface area contributed by atoms with Crippen molar-refractivity contribution in [2.24, 2.45) is 5.16 Å². The third-order valence-electron chi connectivity index (χ3n) is 3.60. The van der Waals surface area contributed by atoms with Crippen molar-refractivity contribution in [2.75, 3.05) is 26.2 Å². The molecule has 114 valence electrons. The van der Waals surface area contributed by atoms with Crippen molar-refractivity contribution in [1.82, 2.24) is 0 Å². The molecule has 0 saturated carbocycles. The standard InChI is InChI=1S/C17H22N2O.ClH/c1-3-19(4-2)11-12-20-18-14-15-9-10-16-7-5-6-8-17(16)13-15;/h5-10,13-14H,3-4,11-12H2,1-2H3;1H/b18-14+;. The van der Waals surface area contributed by atoms with Crippen LogP contribution in [0.1, 0.15) is 19.4 Å². The van der Waals surface area contributed by atoms with Gasteiger partial charge < -0.3 is 22.1 Å². The molecule has 2 rings (SSSR count). The first-order valence-corrected chi connectivity index (χ1v) is 7.31. The van der Waals surface area contributed by atoms with E-state index in [9.17, 15) is 0 Å². The van der Waals surface area contributed by atoms with Crippen molar-refractivity contribution in [3.63, 3.8) is 0 Å². The quantitative estimate of drug-likeness (QED) is 0.401. The molecule has 2 aromatic rings. The highest BCUT2D eigenvalue weighted by Crippen LogP contribution is 2.14. The van der Waals surface area contributed by atoms with Gasteiger partial charge in [-0.3, -0.25) is 0 Å². The molecule has 0 spiro atoms. The molecule has 0 aliphatic rings. The molecule has 4 heteroatoms. The molecule has 0 amide bonds. The molecule has 0 unspecified atom stereocenters. The van der Waals surface area contributed by atoms with Gasteiger partial charge in [0.25, 0.3) is 0 Å². The third-order valence-corrected chi connectivity index (χ3v) is 3.60. The zero-order valence-corrected chi connectivity index (χ0v) is 13.4. The number of likely N-dealkylation sites (N-methyl/N-ethyl adjacent to an activating group) is 1. The van der Waals surface area contributed by atoms with E-state index < -0.39 is 0 Å². The summed E-state index contributed by atoms with van der Waals surface area (Å²) in [7, 11) is 0. The monoisotopic (exact) mass is 306 g/mol. The van der Waals surface area contributed by atoms with Crippen LogP contribution in [0.5, 0.6) is 0 Å². The summed E-state index contributed by atoms with van der Waals surface area (Å²) in [4.78, 5) is 6.87. The Hall–Kier alpha value is -1.58. The predicted molar refractivity (Wildman–Crippen MR) is 84.4 cm³/mol. The second-order valence-electron chi connectivity index (χ2n) is 4.88. The lowest BCUT2D eigenvalue weighted by Gasteiger charge is -2.13. The molecular weight excluding hydrogens is 284 g/mol. The molecule has 0 aromatic heterocycles. The minimum atomic E-state index is 0. The summed E-state index contributed by atoms with van der Waals surface area (Å²) in [6.45, 7) is 8.32. The molecule has 21 heavy (non-hydrogen) atoms. The number of quaternary nitrogens is 1. The molecule has 2 aromatic carbocycles. The van der Waals surface area contributed by atoms with Crippen LogP contribution in [-0.2, 0) is 4.84 Å². The summed E-state index contributed by atoms with van der Waals surface area (Å²) in [5.74, 6) is 0. The van der Waals surface area contributed by atoms with E-state index in [1.807, 2.05) is 6.07 Å². The van der Waals surface area contributed by atoms with Crippen LogP contribution in [0.15, 0.2) is 47.6 Å². The number of oxime groups is 1. The smallest absolute Gasteiger partial charge is 0.165 e. The Bertz CT molecular complexity index is 567. The lowest BCUT2D eigenvalue weighted by atomic mass is 10.1. The molecule has 3 nitrogen and oxygen atoms in total. The summed E-state index contributed by atoms with van der Waals surface area (Å²) in [6, 6.07) is 14.6. The lowest BCUT2D eigenvalue weighted by Crippen LogP contribution is -3.11. The topological polar surface area (TPSA) is 26.0 Å². The van der Waals surface area contributed by atoms with E-state index in [0.717, 1.165) is 25.2 Å². The number of hydrogen-bond donors (Lipinski definition) is 1. The highest BCUT2D eigenvalue weighted by molar-refractivity contribution is 5.90. The lowest BCUT2D eigenvalue weighted by molar-refractivity contribution is -0.896. The van der Waals surface area contributed by atoms with E-state index in [1.165, 1.54) is 15.7 Å². The second-order valence-corrected chi connectivity index (χ2v) is 4.88. The maximum absolute atomic E-state index is 5.33. The number of nitrogens with one attached hydrogen (secondary N) is 1. The average Bonchev–Trinajstić information content (AvgIpc) is 2.51. The number of rotatable bonds is 7. The van der Waals surface area contributed by atoms with Crippen molar-refractivity contribution in [3.8, 4) is 0 Å². The maximum atomic E-state index is 5.33. The first kappa shape index (κ1) is 17.5. The van der Waals surface area contributed by atoms with Crippen molar-refractivity contribution in [1.29, 1.82) is 0 Å². The minimum Gasteiger partial charge on any atom is -1.00 e. The Balaban J connectivity index is 0.00000220. The molecular formula is C17H23ClN2O. The van der Waals surface area contributed by atoms with Crippen molar-refractivity contribution in [3.05, 3.63) is 48.0 Å². The summed E-state index contributed by atoms with van der Waals surface area (Å²) in [5, 5.41) is 6.52. The second kappa shape index (κ2) is 9.37. The van der Waals surface area contributed by atoms with Gasteiger partial charge in [-0.05, 0) is 36.2 Å². The SMILES string of the molecule is CC[NH+](CC)CCO/N=C/c1ccc2ccccc2c1.[Cl-]. The molecule has 1 N–H and O–H groups in total. The molecule has 0 fully saturated rings. The summed E-state index contributed by atoms with van der Waals surface area (Å²) in [6.07, 6.45) is 1.78. The normalized spacial score (nSPS) is 11.0. The Labute approximate surface area is 133 Å². The summed E-state index contributed by atoms with van der Waals surface area (Å²) in [5.41, 5.74) is 1.07. The van der Waals surface area contributed by atoms with E-state index >= 15 is 0 Å². The van der Waals surface area contributed by atoms with Crippen LogP contribution in [0.25, 0.3) is 10.8 Å². The Morgan fingerprint density at radius 2 is 1.76 bits per heavy atom. The molecule has 0 atom stereocenters. The molecule has 0 saturated heterocycles. The summed E-state index contributed by atoms with van der Waals surface area (Å²) >= 11 is 0. The van der Waals surface area contributed by atoms with Gasteiger partial charge in [0, 0.05) is 0 Å². The highest BCUT2D eigenvalue weighted by Gasteiger charge is 2.00. The van der Waals surface area contributed by atoms with Gasteiger partial charge in [0.2, 0.25) is 0 Å². The zero-order valence-electron chi connectivity index (χ0n) is 12.7. The Kier molecular flexibility index (Phi) is 7.80. The van der Waals surface area contributed by atoms with Crippen LogP contribution in [-0.4, -0.2) is 32.5 Å². The van der Waals surface area contributed by atoms with Gasteiger partial charge >= 0.3 is 0 Å². The fraction of sp³-hybridized carbons (Fsp3) is 0.353. The van der Waals surface area contributed by atoms with Gasteiger partial charge in [-0.25, -0.2) is 0 Å². The van der Waals surface area contributed by atoms with Crippen molar-refractivity contribution >= 4 is 17.0 Å². The van der Waals surface area contributed by atoms with Crippen LogP contribution >= 0.6 is 0 Å². The van der Waals surface area contributed by atoms with Gasteiger partial charge in [-0.15, -0.1) is 0 Å². The summed E-state index contributed by atoms with van der Waals surface area (Å²) < 4.78 is 0. The van der Waals surface area contributed by atoms with Crippen LogP contribution < -0.4 is 17.3 Å². The van der Waals surface area contributed by atoms with Crippen molar-refractivity contribution < 1.29 is 22.1 Å². The van der Waals surface area contributed by atoms with Gasteiger partial charge in [0.1, 0.15) is 6.54 Å². The van der Waals surface area contributed by atoms with Crippen LogP contribution in [0, 0.1) is 0 Å². The number of hydrogen-bond acceptors (Lipinski definition) is 2. The first-order chi connectivity index (χ1) is 9.83. The van der Waals surface area contributed by atoms with Gasteiger partial charge in [0.05, 0.1) is 19.3 Å². The van der Waals surface area contributed by atoms with Gasteiger partial charge in [-0.1, -0.05) is 41.6 Å². The fourth-order valence-electron chi connectivity index (χ4n) is 2.23. The molecule has 0 aliphatic heterocycles. The third kappa shape index (κ3) is 5.37. The number of fused-ring (bicyclic) bond motifs is 1. The van der Waals surface area contributed by atoms with Crippen LogP contribution in [0.2, 0.25) is 0 Å². The zero-order chi connectivity index (χ0) is 14.2. The van der Waals surface area contributed by atoms with Gasteiger partial charge in [0.15, 0.2) is 6.61 Å². The largest absolute Gasteiger partial charge is 1.00 e. The number of halogens is 1. The molecule has 0 aliphatic carbocycles. The van der Waals surface area contributed by atoms with E-state index in [0.29, 0.717) is 6.61 Å². The van der Waals surface area contributed by atoms with Crippen molar-refractivity contribution in [2.45, 2.75) is 13.8 Å². The maximum Gasteiger partial charge on any atom is 0.165 e. The number of benzene rings is 2. The van der Waals surface area contributed by atoms with Crippen LogP contribution in [0.3, 0.4) is 0 Å². The van der Waals surface area contributed by atoms with E-state index in [1.54, 1.807) is 6.21 Å². The minimum absolute atomic E-state index is 0. The fourth-order valence-corrected chi connectivity index (χ4v) is 2.23. The number of nitrogens with zero attached hydrogens (tertiary/aromatic N) is 1. The van der Waals surface area contributed by atoms with E-state index in [-0.39, 0.29) is 12.4 Å².